The third-order valence-electron chi connectivity index (χ3n) is 3.61. The fourth-order valence-corrected chi connectivity index (χ4v) is 2.47. The Morgan fingerprint density at radius 3 is 1.14 bits per heavy atom. The predicted octanol–water partition coefficient (Wildman–Crippen LogP) is 0.922. The SMILES string of the molecule is CN1CCCC1=O.CN1CCCC1=O.O=C1CCC(=O)N1Br. The lowest BCUT2D eigenvalue weighted by molar-refractivity contribution is -0.131. The Hall–Kier alpha value is -1.44. The summed E-state index contributed by atoms with van der Waals surface area (Å²) >= 11 is 2.80. The van der Waals surface area contributed by atoms with Crippen LogP contribution in [0, 0.1) is 0 Å². The number of hydrogen-bond acceptors (Lipinski definition) is 4. The number of likely N-dealkylation sites (tertiary alicyclic amines) is 2. The number of imide groups is 1. The quantitative estimate of drug-likeness (QED) is 0.465. The summed E-state index contributed by atoms with van der Waals surface area (Å²) < 4.78 is 0.979. The number of hydrogen-bond donors (Lipinski definition) is 0. The first-order valence-corrected chi connectivity index (χ1v) is 8.03. The average molecular weight is 376 g/mol. The van der Waals surface area contributed by atoms with Crippen molar-refractivity contribution in [3.05, 3.63) is 0 Å². The summed E-state index contributed by atoms with van der Waals surface area (Å²) in [7, 11) is 3.69. The van der Waals surface area contributed by atoms with Crippen molar-refractivity contribution in [1.82, 2.24) is 13.7 Å². The minimum atomic E-state index is -0.144. The molecular weight excluding hydrogens is 354 g/mol. The topological polar surface area (TPSA) is 78.0 Å². The van der Waals surface area contributed by atoms with Crippen molar-refractivity contribution in [3.8, 4) is 0 Å². The molecule has 3 rings (SSSR count). The van der Waals surface area contributed by atoms with Gasteiger partial charge >= 0.3 is 0 Å². The molecule has 0 N–H and O–H groups in total. The maximum absolute atomic E-state index is 10.5. The number of rotatable bonds is 0. The number of amides is 4. The molecule has 0 atom stereocenters. The van der Waals surface area contributed by atoms with E-state index in [-0.39, 0.29) is 11.8 Å². The highest BCUT2D eigenvalue weighted by Crippen LogP contribution is 2.14. The number of carbonyl (C=O) groups excluding carboxylic acids is 4. The van der Waals surface area contributed by atoms with Gasteiger partial charge in [0.15, 0.2) is 0 Å². The van der Waals surface area contributed by atoms with E-state index in [1.54, 1.807) is 9.80 Å². The third kappa shape index (κ3) is 5.75. The molecule has 0 bridgehead atoms. The Morgan fingerprint density at radius 2 is 1.05 bits per heavy atom. The zero-order chi connectivity index (χ0) is 16.7. The minimum Gasteiger partial charge on any atom is -0.346 e. The molecule has 0 aromatic carbocycles. The Bertz CT molecular complexity index is 415. The lowest BCUT2D eigenvalue weighted by Crippen LogP contribution is -2.17. The number of nitrogens with zero attached hydrogens (tertiary/aromatic N) is 3. The normalized spacial score (nSPS) is 21.0. The van der Waals surface area contributed by atoms with Crippen molar-refractivity contribution in [3.63, 3.8) is 0 Å². The van der Waals surface area contributed by atoms with Crippen LogP contribution < -0.4 is 0 Å². The van der Waals surface area contributed by atoms with E-state index >= 15 is 0 Å². The zero-order valence-electron chi connectivity index (χ0n) is 13.0. The molecule has 4 amide bonds. The van der Waals surface area contributed by atoms with E-state index in [2.05, 4.69) is 16.1 Å². The molecule has 0 radical (unpaired) electrons. The van der Waals surface area contributed by atoms with Gasteiger partial charge in [0.2, 0.25) is 23.6 Å². The van der Waals surface area contributed by atoms with Crippen LogP contribution in [0.2, 0.25) is 0 Å². The summed E-state index contributed by atoms with van der Waals surface area (Å²) in [6, 6.07) is 0. The largest absolute Gasteiger partial charge is 0.346 e. The zero-order valence-corrected chi connectivity index (χ0v) is 14.6. The summed E-state index contributed by atoms with van der Waals surface area (Å²) in [5.41, 5.74) is 0. The Morgan fingerprint density at radius 1 is 0.682 bits per heavy atom. The second-order valence-corrected chi connectivity index (χ2v) is 6.12. The molecule has 3 aliphatic heterocycles. The van der Waals surface area contributed by atoms with Crippen molar-refractivity contribution in [2.24, 2.45) is 0 Å². The number of carbonyl (C=O) groups is 4. The van der Waals surface area contributed by atoms with Crippen LogP contribution in [0.25, 0.3) is 0 Å². The van der Waals surface area contributed by atoms with Crippen LogP contribution in [0.4, 0.5) is 0 Å². The lowest BCUT2D eigenvalue weighted by Gasteiger charge is -2.03. The molecule has 8 heteroatoms. The van der Waals surface area contributed by atoms with Crippen LogP contribution >= 0.6 is 16.1 Å². The van der Waals surface area contributed by atoms with Crippen LogP contribution in [-0.4, -0.2) is 64.5 Å². The van der Waals surface area contributed by atoms with Gasteiger partial charge in [-0.25, -0.2) is 3.93 Å². The summed E-state index contributed by atoms with van der Waals surface area (Å²) in [6.07, 6.45) is 4.33. The Balaban J connectivity index is 0.000000166. The van der Waals surface area contributed by atoms with E-state index in [9.17, 15) is 19.2 Å². The second-order valence-electron chi connectivity index (χ2n) is 5.41. The fourth-order valence-electron chi connectivity index (χ4n) is 2.12. The van der Waals surface area contributed by atoms with E-state index < -0.39 is 0 Å². The predicted molar refractivity (Wildman–Crippen MR) is 83.8 cm³/mol. The fraction of sp³-hybridized carbons (Fsp3) is 0.714. The van der Waals surface area contributed by atoms with Crippen molar-refractivity contribution in [2.75, 3.05) is 27.2 Å². The van der Waals surface area contributed by atoms with Gasteiger partial charge in [-0.3, -0.25) is 19.2 Å². The highest BCUT2D eigenvalue weighted by Gasteiger charge is 2.26. The maximum Gasteiger partial charge on any atom is 0.239 e. The molecule has 3 fully saturated rings. The summed E-state index contributed by atoms with van der Waals surface area (Å²) in [5.74, 6) is 0.296. The lowest BCUT2D eigenvalue weighted by atomic mass is 10.4. The molecule has 124 valence electrons. The first-order chi connectivity index (χ1) is 10.3. The highest BCUT2D eigenvalue weighted by atomic mass is 79.9. The van der Waals surface area contributed by atoms with Gasteiger partial charge in [-0.05, 0) is 12.8 Å². The van der Waals surface area contributed by atoms with Gasteiger partial charge in [-0.1, -0.05) is 0 Å². The maximum atomic E-state index is 10.5. The third-order valence-corrected chi connectivity index (χ3v) is 4.40. The summed E-state index contributed by atoms with van der Waals surface area (Å²) in [5, 5.41) is 0. The summed E-state index contributed by atoms with van der Waals surface area (Å²) in [4.78, 5) is 45.4. The van der Waals surface area contributed by atoms with Gasteiger partial charge in [0.05, 0.1) is 16.1 Å². The van der Waals surface area contributed by atoms with Crippen LogP contribution in [0.1, 0.15) is 38.5 Å². The molecule has 0 unspecified atom stereocenters. The van der Waals surface area contributed by atoms with Gasteiger partial charge in [0.25, 0.3) is 0 Å². The standard InChI is InChI=1S/2C5H9NO.C4H4BrNO2/c2*1-6-4-2-3-5(6)7;5-6-3(7)1-2-4(6)8/h2*2-4H2,1H3;1-2H2. The molecule has 7 nitrogen and oxygen atoms in total. The van der Waals surface area contributed by atoms with Gasteiger partial charge in [-0.15, -0.1) is 0 Å². The monoisotopic (exact) mass is 375 g/mol. The van der Waals surface area contributed by atoms with Gasteiger partial charge in [0, 0.05) is 52.9 Å². The van der Waals surface area contributed by atoms with Gasteiger partial charge < -0.3 is 9.80 Å². The van der Waals surface area contributed by atoms with Crippen molar-refractivity contribution >= 4 is 39.8 Å². The molecule has 3 aliphatic rings. The second kappa shape index (κ2) is 8.87. The van der Waals surface area contributed by atoms with Crippen LogP contribution in [0.5, 0.6) is 0 Å². The van der Waals surface area contributed by atoms with Gasteiger partial charge in [-0.2, -0.15) is 0 Å². The molecule has 3 heterocycles. The molecule has 3 saturated heterocycles. The van der Waals surface area contributed by atoms with Crippen LogP contribution in [-0.2, 0) is 19.2 Å². The molecule has 0 aromatic rings. The van der Waals surface area contributed by atoms with Gasteiger partial charge in [0.1, 0.15) is 0 Å². The minimum absolute atomic E-state index is 0.144. The first kappa shape index (κ1) is 18.6. The average Bonchev–Trinajstić information content (AvgIpc) is 3.13. The highest BCUT2D eigenvalue weighted by molar-refractivity contribution is 9.08. The van der Waals surface area contributed by atoms with E-state index in [0.717, 1.165) is 42.7 Å². The smallest absolute Gasteiger partial charge is 0.239 e. The molecule has 22 heavy (non-hydrogen) atoms. The Kier molecular flexibility index (Phi) is 7.50. The molecule has 0 aromatic heterocycles. The molecule has 0 spiro atoms. The van der Waals surface area contributed by atoms with Crippen molar-refractivity contribution in [2.45, 2.75) is 38.5 Å². The summed E-state index contributed by atoms with van der Waals surface area (Å²) in [6.45, 7) is 1.91. The van der Waals surface area contributed by atoms with Crippen molar-refractivity contribution in [1.29, 1.82) is 0 Å². The molecular formula is C14H22BrN3O4. The van der Waals surface area contributed by atoms with E-state index in [1.807, 2.05) is 14.1 Å². The van der Waals surface area contributed by atoms with Crippen LogP contribution in [0.3, 0.4) is 0 Å². The Labute approximate surface area is 138 Å². The first-order valence-electron chi connectivity index (χ1n) is 7.32. The van der Waals surface area contributed by atoms with E-state index in [0.29, 0.717) is 24.7 Å². The molecule has 0 saturated carbocycles. The number of halogens is 1. The van der Waals surface area contributed by atoms with E-state index in [1.165, 1.54) is 0 Å². The van der Waals surface area contributed by atoms with Crippen molar-refractivity contribution < 1.29 is 19.2 Å². The molecule has 0 aliphatic carbocycles. The van der Waals surface area contributed by atoms with Crippen LogP contribution in [0.15, 0.2) is 0 Å². The van der Waals surface area contributed by atoms with E-state index in [4.69, 9.17) is 0 Å².